The lowest BCUT2D eigenvalue weighted by atomic mass is 9.91. The highest BCUT2D eigenvalue weighted by molar-refractivity contribution is 5.27. The first-order valence-electron chi connectivity index (χ1n) is 7.06. The predicted octanol–water partition coefficient (Wildman–Crippen LogP) is 3.50. The first kappa shape index (κ1) is 12.4. The van der Waals surface area contributed by atoms with Crippen molar-refractivity contribution in [2.75, 3.05) is 0 Å². The molecule has 1 unspecified atom stereocenters. The van der Waals surface area contributed by atoms with E-state index in [0.29, 0.717) is 5.92 Å². The van der Waals surface area contributed by atoms with Gasteiger partial charge in [-0.1, -0.05) is 51.1 Å². The van der Waals surface area contributed by atoms with Crippen molar-refractivity contribution >= 4 is 0 Å². The number of rotatable bonds is 1. The lowest BCUT2D eigenvalue weighted by Crippen LogP contribution is -2.18. The highest BCUT2D eigenvalue weighted by Crippen LogP contribution is 2.33. The van der Waals surface area contributed by atoms with Crippen LogP contribution in [0.4, 0.5) is 0 Å². The van der Waals surface area contributed by atoms with E-state index in [1.165, 1.54) is 18.4 Å². The Morgan fingerprint density at radius 1 is 1.16 bits per heavy atom. The van der Waals surface area contributed by atoms with Crippen LogP contribution in [0.3, 0.4) is 0 Å². The summed E-state index contributed by atoms with van der Waals surface area (Å²) in [6.45, 7) is 7.52. The molecule has 0 aliphatic carbocycles. The molecule has 0 spiro atoms. The van der Waals surface area contributed by atoms with Crippen molar-refractivity contribution in [3.8, 4) is 0 Å². The quantitative estimate of drug-likeness (QED) is 0.780. The first-order valence-corrected chi connectivity index (χ1v) is 7.06. The molecule has 0 saturated heterocycles. The lowest BCUT2D eigenvalue weighted by molar-refractivity contribution is 0.441. The standard InChI is InChI=1S/C16H21N3/c1-16(2,3)15-17-14-13(10-7-11-19(14)18-15)12-8-5-4-6-9-12/h4-6,8-9,13H,7,10-11H2,1-3H3. The molecule has 0 amide bonds. The molecule has 1 atom stereocenters. The van der Waals surface area contributed by atoms with Crippen LogP contribution in [-0.2, 0) is 12.0 Å². The van der Waals surface area contributed by atoms with Crippen molar-refractivity contribution in [1.82, 2.24) is 14.8 Å². The molecule has 1 aromatic heterocycles. The summed E-state index contributed by atoms with van der Waals surface area (Å²) in [5.74, 6) is 2.51. The SMILES string of the molecule is CC(C)(C)c1nc2n(n1)CCCC2c1ccccc1. The van der Waals surface area contributed by atoms with Gasteiger partial charge in [-0.15, -0.1) is 0 Å². The van der Waals surface area contributed by atoms with Crippen LogP contribution in [0, 0.1) is 0 Å². The third-order valence-corrected chi connectivity index (χ3v) is 3.75. The van der Waals surface area contributed by atoms with E-state index in [2.05, 4.69) is 55.8 Å². The molecule has 2 aromatic rings. The Balaban J connectivity index is 2.03. The minimum Gasteiger partial charge on any atom is -0.249 e. The summed E-state index contributed by atoms with van der Waals surface area (Å²) in [6, 6.07) is 10.7. The van der Waals surface area contributed by atoms with Crippen LogP contribution in [0.2, 0.25) is 0 Å². The van der Waals surface area contributed by atoms with Gasteiger partial charge in [0.15, 0.2) is 5.82 Å². The summed E-state index contributed by atoms with van der Waals surface area (Å²) in [7, 11) is 0. The Morgan fingerprint density at radius 2 is 1.89 bits per heavy atom. The molecule has 100 valence electrons. The van der Waals surface area contributed by atoms with E-state index in [1.54, 1.807) is 0 Å². The number of nitrogens with zero attached hydrogens (tertiary/aromatic N) is 3. The van der Waals surface area contributed by atoms with Gasteiger partial charge in [0.05, 0.1) is 0 Å². The van der Waals surface area contributed by atoms with E-state index in [-0.39, 0.29) is 5.41 Å². The number of fused-ring (bicyclic) bond motifs is 1. The fourth-order valence-electron chi connectivity index (χ4n) is 2.67. The molecule has 0 fully saturated rings. The zero-order valence-electron chi connectivity index (χ0n) is 11.9. The highest BCUT2D eigenvalue weighted by atomic mass is 15.4. The molecule has 1 aliphatic rings. The van der Waals surface area contributed by atoms with Gasteiger partial charge in [-0.3, -0.25) is 0 Å². The van der Waals surface area contributed by atoms with Crippen LogP contribution >= 0.6 is 0 Å². The average Bonchev–Trinajstić information content (AvgIpc) is 2.83. The summed E-state index contributed by atoms with van der Waals surface area (Å²) in [4.78, 5) is 4.83. The highest BCUT2D eigenvalue weighted by Gasteiger charge is 2.28. The minimum absolute atomic E-state index is 0.0194. The maximum absolute atomic E-state index is 4.83. The van der Waals surface area contributed by atoms with Crippen LogP contribution in [-0.4, -0.2) is 14.8 Å². The molecule has 0 N–H and O–H groups in total. The monoisotopic (exact) mass is 255 g/mol. The molecule has 1 aromatic carbocycles. The van der Waals surface area contributed by atoms with Gasteiger partial charge >= 0.3 is 0 Å². The first-order chi connectivity index (χ1) is 9.05. The van der Waals surface area contributed by atoms with Gasteiger partial charge in [0.25, 0.3) is 0 Å². The summed E-state index contributed by atoms with van der Waals surface area (Å²) >= 11 is 0. The van der Waals surface area contributed by atoms with Crippen LogP contribution in [0.1, 0.15) is 56.7 Å². The second-order valence-corrected chi connectivity index (χ2v) is 6.37. The largest absolute Gasteiger partial charge is 0.249 e. The Kier molecular flexibility index (Phi) is 2.92. The van der Waals surface area contributed by atoms with Crippen molar-refractivity contribution in [1.29, 1.82) is 0 Å². The fraction of sp³-hybridized carbons (Fsp3) is 0.500. The van der Waals surface area contributed by atoms with E-state index in [0.717, 1.165) is 18.2 Å². The van der Waals surface area contributed by atoms with E-state index in [1.807, 2.05) is 0 Å². The topological polar surface area (TPSA) is 30.7 Å². The number of hydrogen-bond acceptors (Lipinski definition) is 2. The zero-order chi connectivity index (χ0) is 13.5. The third-order valence-electron chi connectivity index (χ3n) is 3.75. The van der Waals surface area contributed by atoms with Crippen molar-refractivity contribution in [2.45, 2.75) is 51.5 Å². The molecular weight excluding hydrogens is 234 g/mol. The van der Waals surface area contributed by atoms with E-state index in [4.69, 9.17) is 10.1 Å². The second-order valence-electron chi connectivity index (χ2n) is 6.37. The third kappa shape index (κ3) is 2.29. The van der Waals surface area contributed by atoms with Crippen molar-refractivity contribution < 1.29 is 0 Å². The number of benzene rings is 1. The van der Waals surface area contributed by atoms with E-state index < -0.39 is 0 Å². The van der Waals surface area contributed by atoms with Crippen LogP contribution in [0.5, 0.6) is 0 Å². The molecular formula is C16H21N3. The van der Waals surface area contributed by atoms with Crippen molar-refractivity contribution in [3.63, 3.8) is 0 Å². The zero-order valence-corrected chi connectivity index (χ0v) is 11.9. The minimum atomic E-state index is 0.0194. The Hall–Kier alpha value is -1.64. The summed E-state index contributed by atoms with van der Waals surface area (Å²) in [5, 5.41) is 4.70. The van der Waals surface area contributed by atoms with Gasteiger partial charge in [-0.25, -0.2) is 9.67 Å². The Labute approximate surface area is 114 Å². The van der Waals surface area contributed by atoms with Crippen molar-refractivity contribution in [2.24, 2.45) is 0 Å². The average molecular weight is 255 g/mol. The normalized spacial score (nSPS) is 19.2. The lowest BCUT2D eigenvalue weighted by Gasteiger charge is -2.22. The summed E-state index contributed by atoms with van der Waals surface area (Å²) in [6.07, 6.45) is 2.35. The van der Waals surface area contributed by atoms with E-state index in [9.17, 15) is 0 Å². The fourth-order valence-corrected chi connectivity index (χ4v) is 2.67. The maximum atomic E-state index is 4.83. The molecule has 3 nitrogen and oxygen atoms in total. The molecule has 1 aliphatic heterocycles. The maximum Gasteiger partial charge on any atom is 0.156 e. The van der Waals surface area contributed by atoms with Gasteiger partial charge < -0.3 is 0 Å². The molecule has 3 heteroatoms. The summed E-state index contributed by atoms with van der Waals surface area (Å²) in [5.41, 5.74) is 1.38. The van der Waals surface area contributed by atoms with Crippen LogP contribution < -0.4 is 0 Å². The molecule has 2 heterocycles. The smallest absolute Gasteiger partial charge is 0.156 e. The van der Waals surface area contributed by atoms with Gasteiger partial charge in [-0.2, -0.15) is 5.10 Å². The second kappa shape index (κ2) is 4.48. The van der Waals surface area contributed by atoms with Gasteiger partial charge in [-0.05, 0) is 18.4 Å². The number of hydrogen-bond donors (Lipinski definition) is 0. The van der Waals surface area contributed by atoms with Gasteiger partial charge in [0.1, 0.15) is 5.82 Å². The molecule has 0 radical (unpaired) electrons. The van der Waals surface area contributed by atoms with Crippen LogP contribution in [0.15, 0.2) is 30.3 Å². The molecule has 0 bridgehead atoms. The summed E-state index contributed by atoms with van der Waals surface area (Å²) < 4.78 is 2.11. The van der Waals surface area contributed by atoms with Crippen LogP contribution in [0.25, 0.3) is 0 Å². The van der Waals surface area contributed by atoms with Crippen molar-refractivity contribution in [3.05, 3.63) is 47.5 Å². The molecule has 3 rings (SSSR count). The Morgan fingerprint density at radius 3 is 2.58 bits per heavy atom. The van der Waals surface area contributed by atoms with Gasteiger partial charge in [0.2, 0.25) is 0 Å². The predicted molar refractivity (Wildman–Crippen MR) is 76.2 cm³/mol. The molecule has 0 saturated carbocycles. The van der Waals surface area contributed by atoms with E-state index >= 15 is 0 Å². The number of aromatic nitrogens is 3. The molecule has 19 heavy (non-hydrogen) atoms. The Bertz CT molecular complexity index is 563. The van der Waals surface area contributed by atoms with Gasteiger partial charge in [0, 0.05) is 17.9 Å². The number of aryl methyl sites for hydroxylation is 1.